The molecule has 0 aliphatic carbocycles. The minimum atomic E-state index is -0.626. The molecule has 25 heavy (non-hydrogen) atoms. The number of hydrogen-bond acceptors (Lipinski definition) is 5. The Kier molecular flexibility index (Phi) is 5.12. The van der Waals surface area contributed by atoms with Crippen molar-refractivity contribution in [1.29, 1.82) is 5.26 Å². The molecule has 130 valence electrons. The van der Waals surface area contributed by atoms with Gasteiger partial charge in [-0.05, 0) is 30.2 Å². The zero-order chi connectivity index (χ0) is 17.8. The number of aliphatic hydroxyl groups is 1. The van der Waals surface area contributed by atoms with Crippen LogP contribution in [0.15, 0.2) is 36.8 Å². The zero-order valence-corrected chi connectivity index (χ0v) is 14.1. The van der Waals surface area contributed by atoms with E-state index in [1.807, 2.05) is 19.3 Å². The highest BCUT2D eigenvalue weighted by molar-refractivity contribution is 5.94. The Morgan fingerprint density at radius 1 is 1.48 bits per heavy atom. The number of aromatic nitrogens is 2. The molecule has 7 heteroatoms. The first-order valence-corrected chi connectivity index (χ1v) is 8.23. The Bertz CT molecular complexity index is 781. The van der Waals surface area contributed by atoms with Crippen LogP contribution in [0.5, 0.6) is 0 Å². The minimum absolute atomic E-state index is 0.193. The Hall–Kier alpha value is -2.69. The number of aliphatic hydroxyl groups excluding tert-OH is 1. The van der Waals surface area contributed by atoms with Crippen LogP contribution in [0.1, 0.15) is 28.0 Å². The molecule has 0 bridgehead atoms. The molecule has 2 aromatic rings. The number of pyridine rings is 1. The topological polar surface area (TPSA) is 94.2 Å². The first-order chi connectivity index (χ1) is 12.1. The predicted molar refractivity (Wildman–Crippen MR) is 91.5 cm³/mol. The number of nitrogens with zero attached hydrogens (tertiary/aromatic N) is 4. The molecule has 1 aliphatic heterocycles. The lowest BCUT2D eigenvalue weighted by molar-refractivity contribution is 0.0349. The molecule has 1 amide bonds. The monoisotopic (exact) mass is 339 g/mol. The second-order valence-electron chi connectivity index (χ2n) is 6.36. The van der Waals surface area contributed by atoms with E-state index in [0.717, 1.165) is 12.1 Å². The van der Waals surface area contributed by atoms with E-state index in [1.54, 1.807) is 29.1 Å². The molecule has 2 aromatic heterocycles. The highest BCUT2D eigenvalue weighted by Crippen LogP contribution is 2.16. The van der Waals surface area contributed by atoms with Crippen LogP contribution in [0, 0.1) is 11.3 Å². The quantitative estimate of drug-likeness (QED) is 0.853. The van der Waals surface area contributed by atoms with Gasteiger partial charge in [-0.2, -0.15) is 5.26 Å². The molecule has 3 heterocycles. The van der Waals surface area contributed by atoms with E-state index in [2.05, 4.69) is 21.3 Å². The van der Waals surface area contributed by atoms with Crippen molar-refractivity contribution in [3.05, 3.63) is 53.6 Å². The number of amides is 1. The van der Waals surface area contributed by atoms with Gasteiger partial charge in [0.2, 0.25) is 0 Å². The van der Waals surface area contributed by atoms with Crippen molar-refractivity contribution in [3.63, 3.8) is 0 Å². The number of aryl methyl sites for hydroxylation is 1. The lowest BCUT2D eigenvalue weighted by Crippen LogP contribution is -2.53. The normalized spacial score (nSPS) is 20.8. The summed E-state index contributed by atoms with van der Waals surface area (Å²) < 4.78 is 1.80. The summed E-state index contributed by atoms with van der Waals surface area (Å²) in [6.45, 7) is 1.94. The summed E-state index contributed by atoms with van der Waals surface area (Å²) >= 11 is 0. The maximum absolute atomic E-state index is 12.2. The molecule has 3 rings (SSSR count). The Balaban J connectivity index is 1.55. The molecular formula is C18H21N5O2. The van der Waals surface area contributed by atoms with Gasteiger partial charge in [-0.15, -0.1) is 0 Å². The SMILES string of the molecule is Cn1cc(CN2CC[C@@H](NC(=O)c3ccncc3)[C@H](O)C2)cc1C#N. The van der Waals surface area contributed by atoms with Gasteiger partial charge in [0.1, 0.15) is 11.8 Å². The van der Waals surface area contributed by atoms with Gasteiger partial charge in [-0.3, -0.25) is 14.7 Å². The van der Waals surface area contributed by atoms with E-state index < -0.39 is 6.10 Å². The van der Waals surface area contributed by atoms with Crippen LogP contribution in [0.4, 0.5) is 0 Å². The van der Waals surface area contributed by atoms with Gasteiger partial charge >= 0.3 is 0 Å². The predicted octanol–water partition coefficient (Wildman–Crippen LogP) is 0.657. The lowest BCUT2D eigenvalue weighted by Gasteiger charge is -2.36. The van der Waals surface area contributed by atoms with Crippen LogP contribution in [-0.2, 0) is 13.6 Å². The number of nitrogens with one attached hydrogen (secondary N) is 1. The molecule has 0 aromatic carbocycles. The standard InChI is InChI=1S/C18H21N5O2/c1-22-10-13(8-15(22)9-19)11-23-7-4-16(17(24)12-23)21-18(25)14-2-5-20-6-3-14/h2-3,5-6,8,10,16-17,24H,4,7,11-12H2,1H3,(H,21,25)/t16-,17-/m1/s1. The third kappa shape index (κ3) is 4.05. The lowest BCUT2D eigenvalue weighted by atomic mass is 10.0. The van der Waals surface area contributed by atoms with Gasteiger partial charge in [0.05, 0.1) is 12.1 Å². The fraction of sp³-hybridized carbons (Fsp3) is 0.389. The van der Waals surface area contributed by atoms with E-state index in [4.69, 9.17) is 5.26 Å². The van der Waals surface area contributed by atoms with Crippen molar-refractivity contribution in [2.75, 3.05) is 13.1 Å². The van der Waals surface area contributed by atoms with Crippen LogP contribution >= 0.6 is 0 Å². The average molecular weight is 339 g/mol. The largest absolute Gasteiger partial charge is 0.390 e. The van der Waals surface area contributed by atoms with Gasteiger partial charge in [0.25, 0.3) is 5.91 Å². The zero-order valence-electron chi connectivity index (χ0n) is 14.1. The molecule has 0 saturated carbocycles. The summed E-state index contributed by atoms with van der Waals surface area (Å²) in [4.78, 5) is 18.2. The van der Waals surface area contributed by atoms with Gasteiger partial charge in [-0.25, -0.2) is 0 Å². The third-order valence-electron chi connectivity index (χ3n) is 4.51. The van der Waals surface area contributed by atoms with Crippen molar-refractivity contribution in [2.45, 2.75) is 25.1 Å². The molecule has 0 spiro atoms. The van der Waals surface area contributed by atoms with Crippen LogP contribution in [0.2, 0.25) is 0 Å². The number of likely N-dealkylation sites (tertiary alicyclic amines) is 1. The van der Waals surface area contributed by atoms with Crippen molar-refractivity contribution in [1.82, 2.24) is 19.8 Å². The van der Waals surface area contributed by atoms with E-state index in [9.17, 15) is 9.90 Å². The summed E-state index contributed by atoms with van der Waals surface area (Å²) in [5.41, 5.74) is 2.21. The van der Waals surface area contributed by atoms with E-state index in [0.29, 0.717) is 30.8 Å². The Labute approximate surface area is 146 Å². The number of piperidine rings is 1. The highest BCUT2D eigenvalue weighted by atomic mass is 16.3. The van der Waals surface area contributed by atoms with Gasteiger partial charge in [-0.1, -0.05) is 0 Å². The maximum Gasteiger partial charge on any atom is 0.251 e. The van der Waals surface area contributed by atoms with Crippen molar-refractivity contribution in [3.8, 4) is 6.07 Å². The number of carbonyl (C=O) groups excluding carboxylic acids is 1. The van der Waals surface area contributed by atoms with Crippen LogP contribution < -0.4 is 5.32 Å². The molecular weight excluding hydrogens is 318 g/mol. The Morgan fingerprint density at radius 2 is 2.24 bits per heavy atom. The summed E-state index contributed by atoms with van der Waals surface area (Å²) in [5.74, 6) is -0.193. The molecule has 0 radical (unpaired) electrons. The fourth-order valence-electron chi connectivity index (χ4n) is 3.15. The summed E-state index contributed by atoms with van der Waals surface area (Å²) in [5, 5.41) is 22.3. The summed E-state index contributed by atoms with van der Waals surface area (Å²) in [6, 6.07) is 7.06. The number of carbonyl (C=O) groups is 1. The molecule has 0 unspecified atom stereocenters. The highest BCUT2D eigenvalue weighted by Gasteiger charge is 2.29. The number of β-amino-alcohol motifs (C(OH)–C–C–N with tert-alkyl or cyclic N) is 1. The van der Waals surface area contributed by atoms with Crippen molar-refractivity contribution >= 4 is 5.91 Å². The molecule has 7 nitrogen and oxygen atoms in total. The minimum Gasteiger partial charge on any atom is -0.390 e. The number of hydrogen-bond donors (Lipinski definition) is 2. The van der Waals surface area contributed by atoms with E-state index in [1.165, 1.54) is 0 Å². The summed E-state index contributed by atoms with van der Waals surface area (Å²) in [6.07, 6.45) is 5.13. The van der Waals surface area contributed by atoms with Crippen LogP contribution in [0.3, 0.4) is 0 Å². The number of nitriles is 1. The van der Waals surface area contributed by atoms with Crippen molar-refractivity contribution in [2.24, 2.45) is 7.05 Å². The van der Waals surface area contributed by atoms with Gasteiger partial charge < -0.3 is 15.0 Å². The second-order valence-corrected chi connectivity index (χ2v) is 6.36. The maximum atomic E-state index is 12.2. The first-order valence-electron chi connectivity index (χ1n) is 8.23. The Morgan fingerprint density at radius 3 is 2.88 bits per heavy atom. The number of rotatable bonds is 4. The van der Waals surface area contributed by atoms with Gasteiger partial charge in [0.15, 0.2) is 0 Å². The van der Waals surface area contributed by atoms with Crippen molar-refractivity contribution < 1.29 is 9.90 Å². The smallest absolute Gasteiger partial charge is 0.251 e. The van der Waals surface area contributed by atoms with E-state index >= 15 is 0 Å². The molecule has 1 fully saturated rings. The second kappa shape index (κ2) is 7.47. The van der Waals surface area contributed by atoms with Gasteiger partial charge in [0, 0.05) is 50.8 Å². The molecule has 2 N–H and O–H groups in total. The van der Waals surface area contributed by atoms with E-state index in [-0.39, 0.29) is 11.9 Å². The van der Waals surface area contributed by atoms with Crippen LogP contribution in [-0.4, -0.2) is 50.7 Å². The molecule has 2 atom stereocenters. The average Bonchev–Trinajstić information content (AvgIpc) is 2.97. The third-order valence-corrected chi connectivity index (χ3v) is 4.51. The molecule has 1 saturated heterocycles. The molecule has 1 aliphatic rings. The summed E-state index contributed by atoms with van der Waals surface area (Å²) in [7, 11) is 1.85. The fourth-order valence-corrected chi connectivity index (χ4v) is 3.15. The van der Waals surface area contributed by atoms with Crippen LogP contribution in [0.25, 0.3) is 0 Å². The first kappa shape index (κ1) is 17.1.